The molecule has 1 saturated carbocycles. The normalized spacial score (nSPS) is 24.0. The molecule has 2 aromatic carbocycles. The molecule has 22 heavy (non-hydrogen) atoms. The Bertz CT molecular complexity index is 648. The summed E-state index contributed by atoms with van der Waals surface area (Å²) in [7, 11) is 0. The third-order valence-electron chi connectivity index (χ3n) is 4.88. The predicted octanol–water partition coefficient (Wildman–Crippen LogP) is 4.26. The Morgan fingerprint density at radius 1 is 0.864 bits per heavy atom. The van der Waals surface area contributed by atoms with Crippen molar-refractivity contribution in [3.8, 4) is 0 Å². The number of fused-ring (bicyclic) bond motifs is 1. The van der Waals surface area contributed by atoms with Gasteiger partial charge >= 0.3 is 0 Å². The number of hydrogen-bond donors (Lipinski definition) is 0. The Hall–Kier alpha value is -2.09. The average Bonchev–Trinajstić information content (AvgIpc) is 2.95. The van der Waals surface area contributed by atoms with Gasteiger partial charge in [-0.15, -0.1) is 0 Å². The molecule has 0 saturated heterocycles. The zero-order chi connectivity index (χ0) is 14.8. The van der Waals surface area contributed by atoms with Crippen LogP contribution in [-0.4, -0.2) is 22.8 Å². The van der Waals surface area contributed by atoms with Crippen molar-refractivity contribution in [1.82, 2.24) is 4.90 Å². The Kier molecular flexibility index (Phi) is 3.67. The summed E-state index contributed by atoms with van der Waals surface area (Å²) in [5.41, 5.74) is 2.63. The minimum Gasteiger partial charge on any atom is -0.347 e. The van der Waals surface area contributed by atoms with E-state index in [2.05, 4.69) is 65.6 Å². The molecule has 0 unspecified atom stereocenters. The molecule has 2 aromatic rings. The summed E-state index contributed by atoms with van der Waals surface area (Å²) < 4.78 is 0. The van der Waals surface area contributed by atoms with Crippen molar-refractivity contribution < 1.29 is 0 Å². The molecule has 2 nitrogen and oxygen atoms in total. The first kappa shape index (κ1) is 13.6. The zero-order valence-corrected chi connectivity index (χ0v) is 12.9. The van der Waals surface area contributed by atoms with Gasteiger partial charge in [0, 0.05) is 12.1 Å². The number of aliphatic imine (C=N–C) groups is 1. The fraction of sp³-hybridized carbons (Fsp3) is 0.350. The van der Waals surface area contributed by atoms with E-state index in [9.17, 15) is 0 Å². The van der Waals surface area contributed by atoms with Crippen LogP contribution in [0, 0.1) is 0 Å². The molecule has 1 heterocycles. The lowest BCUT2D eigenvalue weighted by Gasteiger charge is -2.33. The smallest absolute Gasteiger partial charge is 0.131 e. The van der Waals surface area contributed by atoms with E-state index in [0.717, 1.165) is 6.54 Å². The van der Waals surface area contributed by atoms with Crippen LogP contribution in [-0.2, 0) is 6.54 Å². The first-order valence-corrected chi connectivity index (χ1v) is 8.35. The molecular formula is C20H22N2. The summed E-state index contributed by atoms with van der Waals surface area (Å²) in [5.74, 6) is 1.20. The summed E-state index contributed by atoms with van der Waals surface area (Å²) >= 11 is 0. The summed E-state index contributed by atoms with van der Waals surface area (Å²) in [4.78, 5) is 7.65. The molecule has 0 amide bonds. The van der Waals surface area contributed by atoms with Crippen LogP contribution in [0.4, 0.5) is 0 Å². The van der Waals surface area contributed by atoms with Crippen LogP contribution < -0.4 is 0 Å². The van der Waals surface area contributed by atoms with Crippen LogP contribution in [0.15, 0.2) is 65.7 Å². The number of nitrogens with zero attached hydrogens (tertiary/aromatic N) is 2. The van der Waals surface area contributed by atoms with E-state index in [1.54, 1.807) is 0 Å². The minimum atomic E-state index is 0.493. The van der Waals surface area contributed by atoms with Gasteiger partial charge in [0.25, 0.3) is 0 Å². The topological polar surface area (TPSA) is 15.6 Å². The van der Waals surface area contributed by atoms with Crippen molar-refractivity contribution in [1.29, 1.82) is 0 Å². The molecule has 1 aliphatic heterocycles. The molecule has 0 spiro atoms. The molecular weight excluding hydrogens is 268 g/mol. The number of benzene rings is 2. The molecule has 0 aromatic heterocycles. The Balaban J connectivity index is 1.67. The average molecular weight is 290 g/mol. The first-order chi connectivity index (χ1) is 10.9. The first-order valence-electron chi connectivity index (χ1n) is 8.35. The highest BCUT2D eigenvalue weighted by Crippen LogP contribution is 2.33. The zero-order valence-electron chi connectivity index (χ0n) is 12.9. The quantitative estimate of drug-likeness (QED) is 0.824. The van der Waals surface area contributed by atoms with Crippen LogP contribution in [0.1, 0.15) is 36.8 Å². The lowest BCUT2D eigenvalue weighted by atomic mass is 9.90. The highest BCUT2D eigenvalue weighted by atomic mass is 15.3. The van der Waals surface area contributed by atoms with Gasteiger partial charge in [0.05, 0.1) is 12.1 Å². The summed E-state index contributed by atoms with van der Waals surface area (Å²) in [6, 6.07) is 22.5. The second-order valence-corrected chi connectivity index (χ2v) is 6.35. The Morgan fingerprint density at radius 3 is 2.32 bits per heavy atom. The standard InChI is InChI=1S/C20H22N2/c1-3-9-16(10-4-1)15-22-19-14-8-7-13-18(19)21-20(22)17-11-5-2-6-12-17/h1-6,9-12,18-19H,7-8,13-15H2/t18-,19-/m1/s1. The van der Waals surface area contributed by atoms with Crippen LogP contribution in [0.25, 0.3) is 0 Å². The second-order valence-electron chi connectivity index (χ2n) is 6.35. The largest absolute Gasteiger partial charge is 0.347 e. The third-order valence-corrected chi connectivity index (χ3v) is 4.88. The Morgan fingerprint density at radius 2 is 1.55 bits per heavy atom. The van der Waals surface area contributed by atoms with E-state index in [0.29, 0.717) is 12.1 Å². The van der Waals surface area contributed by atoms with Crippen molar-refractivity contribution in [3.63, 3.8) is 0 Å². The molecule has 4 rings (SSSR count). The van der Waals surface area contributed by atoms with Crippen molar-refractivity contribution in [3.05, 3.63) is 71.8 Å². The summed E-state index contributed by atoms with van der Waals surface area (Å²) in [5, 5.41) is 0. The summed E-state index contributed by atoms with van der Waals surface area (Å²) in [6.45, 7) is 0.968. The van der Waals surface area contributed by atoms with Crippen molar-refractivity contribution in [2.75, 3.05) is 0 Å². The highest BCUT2D eigenvalue weighted by molar-refractivity contribution is 6.00. The summed E-state index contributed by atoms with van der Waals surface area (Å²) in [6.07, 6.45) is 5.18. The van der Waals surface area contributed by atoms with E-state index >= 15 is 0 Å². The van der Waals surface area contributed by atoms with Gasteiger partial charge in [-0.3, -0.25) is 4.99 Å². The molecule has 0 bridgehead atoms. The number of rotatable bonds is 3. The van der Waals surface area contributed by atoms with Gasteiger partial charge < -0.3 is 4.90 Å². The van der Waals surface area contributed by atoms with Crippen LogP contribution in [0.2, 0.25) is 0 Å². The Labute approximate surface area is 132 Å². The van der Waals surface area contributed by atoms with Crippen LogP contribution >= 0.6 is 0 Å². The second kappa shape index (κ2) is 5.96. The van der Waals surface area contributed by atoms with E-state index in [-0.39, 0.29) is 0 Å². The number of hydrogen-bond acceptors (Lipinski definition) is 2. The molecule has 2 atom stereocenters. The fourth-order valence-electron chi connectivity index (χ4n) is 3.79. The van der Waals surface area contributed by atoms with E-state index in [4.69, 9.17) is 4.99 Å². The monoisotopic (exact) mass is 290 g/mol. The number of amidine groups is 1. The maximum absolute atomic E-state index is 5.10. The minimum absolute atomic E-state index is 0.493. The van der Waals surface area contributed by atoms with Gasteiger partial charge in [0.2, 0.25) is 0 Å². The maximum atomic E-state index is 5.10. The van der Waals surface area contributed by atoms with Gasteiger partial charge in [-0.1, -0.05) is 73.5 Å². The highest BCUT2D eigenvalue weighted by Gasteiger charge is 2.37. The van der Waals surface area contributed by atoms with Crippen LogP contribution in [0.5, 0.6) is 0 Å². The van der Waals surface area contributed by atoms with Gasteiger partial charge in [-0.25, -0.2) is 0 Å². The molecule has 2 heteroatoms. The lowest BCUT2D eigenvalue weighted by Crippen LogP contribution is -2.41. The SMILES string of the molecule is c1ccc(CN2C(c3ccccc3)=N[C@@H]3CCCC[C@H]32)cc1. The van der Waals surface area contributed by atoms with Gasteiger partial charge in [0.15, 0.2) is 0 Å². The fourth-order valence-corrected chi connectivity index (χ4v) is 3.79. The van der Waals surface area contributed by atoms with Gasteiger partial charge in [-0.2, -0.15) is 0 Å². The van der Waals surface area contributed by atoms with Gasteiger partial charge in [0.1, 0.15) is 5.84 Å². The van der Waals surface area contributed by atoms with Gasteiger partial charge in [-0.05, 0) is 18.4 Å². The van der Waals surface area contributed by atoms with Crippen LogP contribution in [0.3, 0.4) is 0 Å². The van der Waals surface area contributed by atoms with E-state index in [1.807, 2.05) is 0 Å². The molecule has 0 radical (unpaired) electrons. The molecule has 1 fully saturated rings. The van der Waals surface area contributed by atoms with Crippen molar-refractivity contribution >= 4 is 5.84 Å². The maximum Gasteiger partial charge on any atom is 0.131 e. The van der Waals surface area contributed by atoms with E-state index in [1.165, 1.54) is 42.6 Å². The molecule has 0 N–H and O–H groups in total. The third kappa shape index (κ3) is 2.54. The van der Waals surface area contributed by atoms with E-state index < -0.39 is 0 Å². The van der Waals surface area contributed by atoms with Crippen molar-refractivity contribution in [2.24, 2.45) is 4.99 Å². The molecule has 2 aliphatic rings. The molecule has 1 aliphatic carbocycles. The predicted molar refractivity (Wildman–Crippen MR) is 91.0 cm³/mol. The lowest BCUT2D eigenvalue weighted by molar-refractivity contribution is 0.240. The van der Waals surface area contributed by atoms with Crippen molar-refractivity contribution in [2.45, 2.75) is 44.3 Å². The molecule has 112 valence electrons.